The number of pyridine rings is 2. The van der Waals surface area contributed by atoms with Crippen LogP contribution in [0.4, 0.5) is 4.39 Å². The zero-order valence-corrected chi connectivity index (χ0v) is 11.2. The summed E-state index contributed by atoms with van der Waals surface area (Å²) in [7, 11) is 0. The van der Waals surface area contributed by atoms with E-state index < -0.39 is 5.95 Å². The summed E-state index contributed by atoms with van der Waals surface area (Å²) in [5, 5.41) is 5.44. The van der Waals surface area contributed by atoms with Crippen LogP contribution in [0.15, 0.2) is 35.1 Å². The zero-order valence-electron chi connectivity index (χ0n) is 8.81. The molecule has 3 aromatic rings. The molecule has 0 N–H and O–H groups in total. The highest BCUT2D eigenvalue weighted by molar-refractivity contribution is 9.10. The third kappa shape index (κ3) is 1.97. The Morgan fingerprint density at radius 3 is 2.94 bits per heavy atom. The summed E-state index contributed by atoms with van der Waals surface area (Å²) in [6, 6.07) is 4.88. The lowest BCUT2D eigenvalue weighted by Crippen LogP contribution is -1.99. The molecule has 18 heavy (non-hydrogen) atoms. The number of hydrogen-bond donors (Lipinski definition) is 0. The number of nitrogens with zero attached hydrogens (tertiary/aromatic N) is 4. The van der Waals surface area contributed by atoms with Crippen molar-refractivity contribution in [2.75, 3.05) is 0 Å². The Morgan fingerprint density at radius 1 is 1.33 bits per heavy atom. The molecular weight excluding hydrogens is 323 g/mol. The van der Waals surface area contributed by atoms with Gasteiger partial charge in [0.1, 0.15) is 5.15 Å². The molecule has 0 aliphatic rings. The van der Waals surface area contributed by atoms with Gasteiger partial charge in [0.2, 0.25) is 5.95 Å². The van der Waals surface area contributed by atoms with E-state index in [1.54, 1.807) is 30.6 Å². The van der Waals surface area contributed by atoms with E-state index in [1.807, 2.05) is 0 Å². The molecule has 7 heteroatoms. The number of hydrogen-bond acceptors (Lipinski definition) is 3. The van der Waals surface area contributed by atoms with Crippen molar-refractivity contribution in [2.24, 2.45) is 0 Å². The maximum absolute atomic E-state index is 13.4. The molecule has 0 bridgehead atoms. The van der Waals surface area contributed by atoms with Crippen molar-refractivity contribution in [3.05, 3.63) is 46.2 Å². The quantitative estimate of drug-likeness (QED) is 0.644. The first-order chi connectivity index (χ1) is 8.63. The van der Waals surface area contributed by atoms with Crippen LogP contribution in [0.1, 0.15) is 0 Å². The summed E-state index contributed by atoms with van der Waals surface area (Å²) in [6.07, 6.45) is 3.32. The minimum Gasteiger partial charge on any atom is -0.244 e. The minimum atomic E-state index is -0.580. The lowest BCUT2D eigenvalue weighted by molar-refractivity contribution is 0.571. The van der Waals surface area contributed by atoms with Gasteiger partial charge in [0.25, 0.3) is 0 Å². The van der Waals surface area contributed by atoms with Crippen LogP contribution >= 0.6 is 27.5 Å². The van der Waals surface area contributed by atoms with Gasteiger partial charge in [-0.15, -0.1) is 0 Å². The molecule has 0 unspecified atom stereocenters. The van der Waals surface area contributed by atoms with Crippen molar-refractivity contribution in [2.45, 2.75) is 0 Å². The largest absolute Gasteiger partial charge is 0.244 e. The van der Waals surface area contributed by atoms with E-state index >= 15 is 0 Å². The van der Waals surface area contributed by atoms with Gasteiger partial charge in [-0.3, -0.25) is 0 Å². The van der Waals surface area contributed by atoms with Crippen LogP contribution in [-0.2, 0) is 0 Å². The second-order valence-corrected chi connectivity index (χ2v) is 4.82. The van der Waals surface area contributed by atoms with Crippen LogP contribution in [-0.4, -0.2) is 19.7 Å². The van der Waals surface area contributed by atoms with Crippen LogP contribution in [0.25, 0.3) is 16.7 Å². The Hall–Kier alpha value is -1.53. The molecule has 0 radical (unpaired) electrons. The fraction of sp³-hybridized carbons (Fsp3) is 0. The van der Waals surface area contributed by atoms with Crippen molar-refractivity contribution in [1.29, 1.82) is 0 Å². The first-order valence-corrected chi connectivity index (χ1v) is 6.14. The Kier molecular flexibility index (Phi) is 2.76. The van der Waals surface area contributed by atoms with E-state index in [2.05, 4.69) is 31.0 Å². The van der Waals surface area contributed by atoms with Gasteiger partial charge >= 0.3 is 0 Å². The van der Waals surface area contributed by atoms with E-state index in [-0.39, 0.29) is 0 Å². The average Bonchev–Trinajstić information content (AvgIpc) is 2.75. The Bertz CT molecular complexity index is 743. The number of aromatic nitrogens is 4. The standard InChI is InChI=1S/C11H5BrClFN4/c12-7-1-2-10(16-11(7)14)18-5-6-4-15-9(13)3-8(6)17-18/h1-5H. The predicted octanol–water partition coefficient (Wildman–Crippen LogP) is 3.37. The molecule has 0 aromatic carbocycles. The van der Waals surface area contributed by atoms with E-state index in [0.717, 1.165) is 5.39 Å². The van der Waals surface area contributed by atoms with Gasteiger partial charge in [0.15, 0.2) is 5.82 Å². The van der Waals surface area contributed by atoms with Gasteiger partial charge in [0.05, 0.1) is 9.99 Å². The summed E-state index contributed by atoms with van der Waals surface area (Å²) in [6.45, 7) is 0. The smallest absolute Gasteiger partial charge is 0.229 e. The monoisotopic (exact) mass is 326 g/mol. The molecule has 90 valence electrons. The van der Waals surface area contributed by atoms with E-state index in [9.17, 15) is 4.39 Å². The van der Waals surface area contributed by atoms with Crippen molar-refractivity contribution in [3.63, 3.8) is 0 Å². The molecule has 0 saturated carbocycles. The molecule has 0 fully saturated rings. The lowest BCUT2D eigenvalue weighted by Gasteiger charge is -2.00. The van der Waals surface area contributed by atoms with E-state index in [0.29, 0.717) is 21.0 Å². The van der Waals surface area contributed by atoms with Crippen LogP contribution in [0.5, 0.6) is 0 Å². The SMILES string of the molecule is Fc1nc(-n2cc3cnc(Cl)cc3n2)ccc1Br. The highest BCUT2D eigenvalue weighted by Crippen LogP contribution is 2.19. The van der Waals surface area contributed by atoms with Gasteiger partial charge in [-0.2, -0.15) is 14.5 Å². The summed E-state index contributed by atoms with van der Waals surface area (Å²) in [5.41, 5.74) is 0.681. The highest BCUT2D eigenvalue weighted by Gasteiger charge is 2.07. The molecule has 4 nitrogen and oxygen atoms in total. The second kappa shape index (κ2) is 4.29. The fourth-order valence-electron chi connectivity index (χ4n) is 1.55. The molecule has 0 aliphatic heterocycles. The molecule has 0 aliphatic carbocycles. The van der Waals surface area contributed by atoms with Crippen LogP contribution in [0.2, 0.25) is 5.15 Å². The summed E-state index contributed by atoms with van der Waals surface area (Å²) >= 11 is 8.83. The maximum atomic E-state index is 13.4. The molecule has 0 spiro atoms. The number of rotatable bonds is 1. The van der Waals surface area contributed by atoms with E-state index in [4.69, 9.17) is 11.6 Å². The second-order valence-electron chi connectivity index (χ2n) is 3.58. The fourth-order valence-corrected chi connectivity index (χ4v) is 1.92. The molecule has 3 aromatic heterocycles. The van der Waals surface area contributed by atoms with Crippen LogP contribution in [0.3, 0.4) is 0 Å². The molecule has 0 atom stereocenters. The zero-order chi connectivity index (χ0) is 12.7. The topological polar surface area (TPSA) is 43.6 Å². The predicted molar refractivity (Wildman–Crippen MR) is 69.3 cm³/mol. The Balaban J connectivity index is 2.16. The first kappa shape index (κ1) is 11.6. The van der Waals surface area contributed by atoms with Gasteiger partial charge in [-0.05, 0) is 28.1 Å². The summed E-state index contributed by atoms with van der Waals surface area (Å²) < 4.78 is 15.1. The van der Waals surface area contributed by atoms with Crippen LogP contribution < -0.4 is 0 Å². The first-order valence-electron chi connectivity index (χ1n) is 4.97. The third-order valence-corrected chi connectivity index (χ3v) is 3.18. The van der Waals surface area contributed by atoms with Gasteiger partial charge < -0.3 is 0 Å². The maximum Gasteiger partial charge on any atom is 0.229 e. The minimum absolute atomic E-state index is 0.313. The lowest BCUT2D eigenvalue weighted by atomic mass is 10.3. The summed E-state index contributed by atoms with van der Waals surface area (Å²) in [4.78, 5) is 7.75. The molecular formula is C11H5BrClFN4. The molecule has 3 rings (SSSR count). The van der Waals surface area contributed by atoms with Crippen molar-refractivity contribution in [1.82, 2.24) is 19.7 Å². The highest BCUT2D eigenvalue weighted by atomic mass is 79.9. The van der Waals surface area contributed by atoms with Crippen LogP contribution in [0, 0.1) is 5.95 Å². The Morgan fingerprint density at radius 2 is 2.17 bits per heavy atom. The molecule has 0 amide bonds. The van der Waals surface area contributed by atoms with Crippen molar-refractivity contribution in [3.8, 4) is 5.82 Å². The average molecular weight is 328 g/mol. The third-order valence-electron chi connectivity index (χ3n) is 2.38. The van der Waals surface area contributed by atoms with Crippen molar-refractivity contribution >= 4 is 38.4 Å². The van der Waals surface area contributed by atoms with Gasteiger partial charge in [0, 0.05) is 23.8 Å². The molecule has 0 saturated heterocycles. The van der Waals surface area contributed by atoms with E-state index in [1.165, 1.54) is 4.68 Å². The van der Waals surface area contributed by atoms with Gasteiger partial charge in [-0.1, -0.05) is 11.6 Å². The normalized spacial score (nSPS) is 11.1. The molecule has 3 heterocycles. The summed E-state index contributed by atoms with van der Waals surface area (Å²) in [5.74, 6) is -0.189. The Labute approximate surface area is 115 Å². The number of halogens is 3. The van der Waals surface area contributed by atoms with Gasteiger partial charge in [-0.25, -0.2) is 9.67 Å². The number of fused-ring (bicyclic) bond motifs is 1. The van der Waals surface area contributed by atoms with Crippen molar-refractivity contribution < 1.29 is 4.39 Å².